The fraction of sp³-hybridized carbons (Fsp3) is 0.364. The Balaban J connectivity index is 1.37. The van der Waals surface area contributed by atoms with Gasteiger partial charge in [-0.1, -0.05) is 24.3 Å². The summed E-state index contributed by atoms with van der Waals surface area (Å²) >= 11 is 1.87. The summed E-state index contributed by atoms with van der Waals surface area (Å²) in [5.41, 5.74) is 2.36. The maximum atomic E-state index is 12.7. The molecule has 2 aromatic rings. The molecule has 2 aliphatic rings. The van der Waals surface area contributed by atoms with Crippen molar-refractivity contribution in [3.8, 4) is 5.75 Å². The molecule has 29 heavy (non-hydrogen) atoms. The number of rotatable bonds is 4. The van der Waals surface area contributed by atoms with Crippen LogP contribution in [0.3, 0.4) is 0 Å². The first-order valence-electron chi connectivity index (χ1n) is 9.89. The predicted octanol–water partition coefficient (Wildman–Crippen LogP) is 2.71. The summed E-state index contributed by atoms with van der Waals surface area (Å²) in [6, 6.07) is 15.1. The van der Waals surface area contributed by atoms with Gasteiger partial charge in [-0.3, -0.25) is 14.5 Å². The highest BCUT2D eigenvalue weighted by Gasteiger charge is 2.20. The highest BCUT2D eigenvalue weighted by Crippen LogP contribution is 2.22. The molecule has 2 aromatic carbocycles. The van der Waals surface area contributed by atoms with Gasteiger partial charge in [-0.15, -0.1) is 0 Å². The fourth-order valence-electron chi connectivity index (χ4n) is 3.60. The highest BCUT2D eigenvalue weighted by molar-refractivity contribution is 7.99. The second-order valence-electron chi connectivity index (χ2n) is 7.20. The third kappa shape index (κ3) is 5.10. The number of benzene rings is 2. The van der Waals surface area contributed by atoms with Gasteiger partial charge in [0.2, 0.25) is 5.91 Å². The molecular formula is C22H25N3O3S. The lowest BCUT2D eigenvalue weighted by atomic mass is 10.1. The summed E-state index contributed by atoms with van der Waals surface area (Å²) < 4.78 is 5.76. The maximum Gasteiger partial charge on any atom is 0.253 e. The van der Waals surface area contributed by atoms with E-state index >= 15 is 0 Å². The maximum absolute atomic E-state index is 12.7. The van der Waals surface area contributed by atoms with Crippen LogP contribution in [0.5, 0.6) is 5.75 Å². The summed E-state index contributed by atoms with van der Waals surface area (Å²) in [4.78, 5) is 29.2. The molecule has 2 amide bonds. The molecule has 2 heterocycles. The summed E-state index contributed by atoms with van der Waals surface area (Å²) in [6.45, 7) is 3.75. The molecule has 2 aliphatic heterocycles. The zero-order valence-electron chi connectivity index (χ0n) is 16.3. The molecular weight excluding hydrogens is 386 g/mol. The molecule has 6 nitrogen and oxygen atoms in total. The van der Waals surface area contributed by atoms with Gasteiger partial charge in [0.25, 0.3) is 5.91 Å². The number of para-hydroxylation sites is 1. The Bertz CT molecular complexity index is 883. The number of hydrogen-bond acceptors (Lipinski definition) is 5. The van der Waals surface area contributed by atoms with Gasteiger partial charge in [0.15, 0.2) is 0 Å². The third-order valence-electron chi connectivity index (χ3n) is 5.09. The van der Waals surface area contributed by atoms with E-state index in [9.17, 15) is 9.59 Å². The van der Waals surface area contributed by atoms with E-state index in [0.29, 0.717) is 30.9 Å². The Morgan fingerprint density at radius 1 is 1.03 bits per heavy atom. The first-order chi connectivity index (χ1) is 14.2. The number of fused-ring (bicyclic) bond motifs is 1. The van der Waals surface area contributed by atoms with Gasteiger partial charge in [0, 0.05) is 54.5 Å². The summed E-state index contributed by atoms with van der Waals surface area (Å²) in [7, 11) is 0. The van der Waals surface area contributed by atoms with Crippen molar-refractivity contribution in [2.75, 3.05) is 49.6 Å². The first-order valence-corrected chi connectivity index (χ1v) is 11.0. The van der Waals surface area contributed by atoms with E-state index in [1.165, 1.54) is 0 Å². The van der Waals surface area contributed by atoms with Crippen LogP contribution >= 0.6 is 11.8 Å². The SMILES string of the molecule is O=C(CN1CCOc2ccccc2C1)Nc1cccc(C(=O)N2CCSCC2)c1. The molecule has 0 aliphatic carbocycles. The number of ether oxygens (including phenoxy) is 1. The van der Waals surface area contributed by atoms with Gasteiger partial charge in [0.05, 0.1) is 6.54 Å². The number of hydrogen-bond donors (Lipinski definition) is 1. The van der Waals surface area contributed by atoms with Crippen LogP contribution in [0.1, 0.15) is 15.9 Å². The van der Waals surface area contributed by atoms with E-state index in [-0.39, 0.29) is 18.4 Å². The van der Waals surface area contributed by atoms with Crippen molar-refractivity contribution in [2.24, 2.45) is 0 Å². The van der Waals surface area contributed by atoms with E-state index in [1.54, 1.807) is 6.07 Å². The lowest BCUT2D eigenvalue weighted by molar-refractivity contribution is -0.117. The molecule has 0 aromatic heterocycles. The van der Waals surface area contributed by atoms with Gasteiger partial charge in [-0.05, 0) is 24.3 Å². The Kier molecular flexibility index (Phi) is 6.36. The number of carbonyl (C=O) groups is 2. The van der Waals surface area contributed by atoms with Crippen LogP contribution in [0.25, 0.3) is 0 Å². The molecule has 0 atom stereocenters. The summed E-state index contributed by atoms with van der Waals surface area (Å²) in [5, 5.41) is 2.94. The van der Waals surface area contributed by atoms with Crippen molar-refractivity contribution >= 4 is 29.3 Å². The highest BCUT2D eigenvalue weighted by atomic mass is 32.2. The van der Waals surface area contributed by atoms with E-state index in [4.69, 9.17) is 4.74 Å². The van der Waals surface area contributed by atoms with Crippen molar-refractivity contribution in [3.05, 3.63) is 59.7 Å². The van der Waals surface area contributed by atoms with Gasteiger partial charge >= 0.3 is 0 Å². The summed E-state index contributed by atoms with van der Waals surface area (Å²) in [5.74, 6) is 2.78. The Hall–Kier alpha value is -2.51. The summed E-state index contributed by atoms with van der Waals surface area (Å²) in [6.07, 6.45) is 0. The van der Waals surface area contributed by atoms with Crippen molar-refractivity contribution in [3.63, 3.8) is 0 Å². The van der Waals surface area contributed by atoms with Crippen LogP contribution in [0.2, 0.25) is 0 Å². The molecule has 0 spiro atoms. The van der Waals surface area contributed by atoms with Gasteiger partial charge in [-0.2, -0.15) is 11.8 Å². The standard InChI is InChI=1S/C22H25N3O3S/c26-21(16-24-8-11-28-20-7-2-1-4-18(20)15-24)23-19-6-3-5-17(14-19)22(27)25-9-12-29-13-10-25/h1-7,14H,8-13,15-16H2,(H,23,26). The van der Waals surface area contributed by atoms with Crippen molar-refractivity contribution in [1.29, 1.82) is 0 Å². The molecule has 1 saturated heterocycles. The van der Waals surface area contributed by atoms with Gasteiger partial charge in [-0.25, -0.2) is 0 Å². The molecule has 0 unspecified atom stereocenters. The minimum absolute atomic E-state index is 0.0303. The molecule has 0 bridgehead atoms. The molecule has 1 N–H and O–H groups in total. The van der Waals surface area contributed by atoms with Crippen LogP contribution in [0.4, 0.5) is 5.69 Å². The monoisotopic (exact) mass is 411 g/mol. The quantitative estimate of drug-likeness (QED) is 0.838. The number of carbonyl (C=O) groups excluding carboxylic acids is 2. The van der Waals surface area contributed by atoms with Crippen LogP contribution < -0.4 is 10.1 Å². The normalized spacial score (nSPS) is 17.0. The molecule has 1 fully saturated rings. The van der Waals surface area contributed by atoms with Crippen molar-refractivity contribution in [2.45, 2.75) is 6.54 Å². The van der Waals surface area contributed by atoms with Crippen LogP contribution in [0.15, 0.2) is 48.5 Å². The first kappa shape index (κ1) is 19.8. The third-order valence-corrected chi connectivity index (χ3v) is 6.03. The van der Waals surface area contributed by atoms with Crippen molar-refractivity contribution in [1.82, 2.24) is 9.80 Å². The largest absolute Gasteiger partial charge is 0.492 e. The zero-order valence-corrected chi connectivity index (χ0v) is 17.1. The Morgan fingerprint density at radius 2 is 1.86 bits per heavy atom. The number of nitrogens with zero attached hydrogens (tertiary/aromatic N) is 2. The van der Waals surface area contributed by atoms with E-state index in [2.05, 4.69) is 10.2 Å². The van der Waals surface area contributed by atoms with Crippen molar-refractivity contribution < 1.29 is 14.3 Å². The topological polar surface area (TPSA) is 61.9 Å². The van der Waals surface area contributed by atoms with Gasteiger partial charge in [0.1, 0.15) is 12.4 Å². The number of amides is 2. The number of anilines is 1. The Labute approximate surface area is 175 Å². The average molecular weight is 412 g/mol. The van der Waals surface area contributed by atoms with Crippen LogP contribution in [0, 0.1) is 0 Å². The molecule has 152 valence electrons. The smallest absolute Gasteiger partial charge is 0.253 e. The zero-order chi connectivity index (χ0) is 20.1. The molecule has 4 rings (SSSR count). The van der Waals surface area contributed by atoms with E-state index < -0.39 is 0 Å². The number of thioether (sulfide) groups is 1. The lowest BCUT2D eigenvalue weighted by Gasteiger charge is -2.26. The Morgan fingerprint density at radius 3 is 2.72 bits per heavy atom. The second-order valence-corrected chi connectivity index (χ2v) is 8.43. The molecule has 0 saturated carbocycles. The molecule has 7 heteroatoms. The predicted molar refractivity (Wildman–Crippen MR) is 116 cm³/mol. The lowest BCUT2D eigenvalue weighted by Crippen LogP contribution is -2.38. The van der Waals surface area contributed by atoms with E-state index in [1.807, 2.05) is 59.1 Å². The van der Waals surface area contributed by atoms with Crippen LogP contribution in [-0.4, -0.2) is 65.9 Å². The van der Waals surface area contributed by atoms with Gasteiger partial charge < -0.3 is 15.0 Å². The van der Waals surface area contributed by atoms with Crippen LogP contribution in [-0.2, 0) is 11.3 Å². The minimum Gasteiger partial charge on any atom is -0.492 e. The molecule has 0 radical (unpaired) electrons. The fourth-order valence-corrected chi connectivity index (χ4v) is 4.50. The van der Waals surface area contributed by atoms with E-state index in [0.717, 1.165) is 35.9 Å². The minimum atomic E-state index is -0.0941. The second kappa shape index (κ2) is 9.33. The number of nitrogens with one attached hydrogen (secondary N) is 1. The average Bonchev–Trinajstić information content (AvgIpc) is 2.95.